The summed E-state index contributed by atoms with van der Waals surface area (Å²) in [7, 11) is 0. The van der Waals surface area contributed by atoms with Gasteiger partial charge in [-0.05, 0) is 80.1 Å². The maximum atomic E-state index is 13.6. The Hall–Kier alpha value is -3.89. The molecule has 2 aliphatic rings. The second kappa shape index (κ2) is 11.7. The van der Waals surface area contributed by atoms with Crippen molar-refractivity contribution in [2.45, 2.75) is 44.6 Å². The monoisotopic (exact) mass is 561 g/mol. The van der Waals surface area contributed by atoms with Gasteiger partial charge in [-0.15, -0.1) is 0 Å². The molecule has 1 unspecified atom stereocenters. The number of hydrogen-bond donors (Lipinski definition) is 2. The van der Waals surface area contributed by atoms with Crippen molar-refractivity contribution < 1.29 is 13.9 Å². The fraction of sp³-hybridized carbons (Fsp3) is 0.345. The standard InChI is InChI=1S/C29H29ClFN7O2/c30-23-14-20(7-9-24(23)31)35-28-27-25(33-17-34-28)15-32-29(37-27)36-21-5-2-11-38(16-21)12-10-26(39)40-22-8-6-18-3-1-4-19(18)13-22/h6-9,13-15,17,21H,1-5,10-12,16H2,(H,32,36,37)(H,33,34,35). The number of esters is 1. The van der Waals surface area contributed by atoms with Crippen LogP contribution >= 0.6 is 11.6 Å². The van der Waals surface area contributed by atoms with Crippen LogP contribution in [0.4, 0.5) is 21.8 Å². The summed E-state index contributed by atoms with van der Waals surface area (Å²) >= 11 is 5.93. The molecule has 0 saturated carbocycles. The lowest BCUT2D eigenvalue weighted by atomic mass is 10.1. The summed E-state index contributed by atoms with van der Waals surface area (Å²) in [6.07, 6.45) is 8.67. The van der Waals surface area contributed by atoms with Crippen LogP contribution in [0.5, 0.6) is 5.75 Å². The van der Waals surface area contributed by atoms with Gasteiger partial charge in [0.15, 0.2) is 5.82 Å². The van der Waals surface area contributed by atoms with Crippen molar-refractivity contribution in [1.29, 1.82) is 0 Å². The Morgan fingerprint density at radius 2 is 2.00 bits per heavy atom. The lowest BCUT2D eigenvalue weighted by Gasteiger charge is -2.32. The molecular weight excluding hydrogens is 533 g/mol. The molecule has 0 spiro atoms. The number of anilines is 3. The molecule has 2 N–H and O–H groups in total. The second-order valence-electron chi connectivity index (χ2n) is 10.2. The van der Waals surface area contributed by atoms with Crippen LogP contribution in [-0.4, -0.2) is 56.5 Å². The van der Waals surface area contributed by atoms with Crippen LogP contribution in [0.2, 0.25) is 5.02 Å². The fourth-order valence-corrected chi connectivity index (χ4v) is 5.51. The second-order valence-corrected chi connectivity index (χ2v) is 10.6. The van der Waals surface area contributed by atoms with E-state index in [1.807, 2.05) is 12.1 Å². The first-order valence-corrected chi connectivity index (χ1v) is 13.9. The Morgan fingerprint density at radius 1 is 1.10 bits per heavy atom. The molecule has 1 aliphatic carbocycles. The molecule has 2 aromatic carbocycles. The van der Waals surface area contributed by atoms with Gasteiger partial charge in [0.1, 0.15) is 28.9 Å². The number of ether oxygens (including phenoxy) is 1. The SMILES string of the molecule is O=C(CCN1CCCC(Nc2ncc3ncnc(Nc4ccc(F)c(Cl)c4)c3n2)C1)Oc1ccc2c(c1)CCC2. The summed E-state index contributed by atoms with van der Waals surface area (Å²) in [5.74, 6) is 0.854. The number of likely N-dealkylation sites (tertiary alicyclic amines) is 1. The third-order valence-electron chi connectivity index (χ3n) is 7.33. The van der Waals surface area contributed by atoms with Crippen LogP contribution in [0, 0.1) is 5.82 Å². The highest BCUT2D eigenvalue weighted by Crippen LogP contribution is 2.27. The van der Waals surface area contributed by atoms with Gasteiger partial charge in [-0.25, -0.2) is 24.3 Å². The third-order valence-corrected chi connectivity index (χ3v) is 7.62. The van der Waals surface area contributed by atoms with Crippen LogP contribution in [0.15, 0.2) is 48.9 Å². The molecule has 1 fully saturated rings. The molecule has 11 heteroatoms. The molecule has 6 rings (SSSR count). The Bertz CT molecular complexity index is 1550. The Kier molecular flexibility index (Phi) is 7.70. The van der Waals surface area contributed by atoms with Crippen molar-refractivity contribution in [1.82, 2.24) is 24.8 Å². The minimum atomic E-state index is -0.494. The van der Waals surface area contributed by atoms with Gasteiger partial charge < -0.3 is 20.3 Å². The number of carbonyl (C=O) groups is 1. The largest absolute Gasteiger partial charge is 0.426 e. The number of carbonyl (C=O) groups excluding carboxylic acids is 1. The lowest BCUT2D eigenvalue weighted by Crippen LogP contribution is -2.43. The minimum absolute atomic E-state index is 0.0127. The zero-order valence-corrected chi connectivity index (χ0v) is 22.6. The van der Waals surface area contributed by atoms with E-state index in [-0.39, 0.29) is 17.0 Å². The number of piperidine rings is 1. The summed E-state index contributed by atoms with van der Waals surface area (Å²) in [4.78, 5) is 32.5. The van der Waals surface area contributed by atoms with E-state index < -0.39 is 5.82 Å². The summed E-state index contributed by atoms with van der Waals surface area (Å²) in [6, 6.07) is 10.5. The van der Waals surface area contributed by atoms with Gasteiger partial charge in [0.05, 0.1) is 17.6 Å². The summed E-state index contributed by atoms with van der Waals surface area (Å²) in [5, 5.41) is 6.58. The fourth-order valence-electron chi connectivity index (χ4n) is 5.33. The van der Waals surface area contributed by atoms with Gasteiger partial charge in [-0.2, -0.15) is 0 Å². The minimum Gasteiger partial charge on any atom is -0.426 e. The quantitative estimate of drug-likeness (QED) is 0.218. The van der Waals surface area contributed by atoms with Crippen LogP contribution in [0.25, 0.3) is 11.0 Å². The van der Waals surface area contributed by atoms with E-state index in [2.05, 4.69) is 41.5 Å². The number of halogens is 2. The normalized spacial score (nSPS) is 17.0. The molecule has 0 amide bonds. The first kappa shape index (κ1) is 26.3. The summed E-state index contributed by atoms with van der Waals surface area (Å²) in [6.45, 7) is 2.31. The van der Waals surface area contributed by atoms with E-state index >= 15 is 0 Å². The molecule has 1 saturated heterocycles. The molecule has 0 radical (unpaired) electrons. The molecule has 40 heavy (non-hydrogen) atoms. The molecule has 3 heterocycles. The zero-order chi connectivity index (χ0) is 27.5. The number of aryl methyl sites for hydroxylation is 2. The van der Waals surface area contributed by atoms with Gasteiger partial charge in [0, 0.05) is 24.8 Å². The highest BCUT2D eigenvalue weighted by molar-refractivity contribution is 6.31. The summed E-state index contributed by atoms with van der Waals surface area (Å²) < 4.78 is 19.2. The lowest BCUT2D eigenvalue weighted by molar-refractivity contribution is -0.134. The molecular formula is C29H29ClFN7O2. The van der Waals surface area contributed by atoms with Gasteiger partial charge in [-0.1, -0.05) is 17.7 Å². The molecule has 9 nitrogen and oxygen atoms in total. The molecule has 0 bridgehead atoms. The zero-order valence-electron chi connectivity index (χ0n) is 21.9. The average Bonchev–Trinajstić information content (AvgIpc) is 3.43. The van der Waals surface area contributed by atoms with Crippen molar-refractivity contribution in [3.63, 3.8) is 0 Å². The van der Waals surface area contributed by atoms with E-state index in [0.29, 0.717) is 47.2 Å². The summed E-state index contributed by atoms with van der Waals surface area (Å²) in [5.41, 5.74) is 4.34. The highest BCUT2D eigenvalue weighted by atomic mass is 35.5. The number of rotatable bonds is 8. The van der Waals surface area contributed by atoms with Gasteiger partial charge in [0.25, 0.3) is 0 Å². The Labute approximate surface area is 236 Å². The number of nitrogens with zero attached hydrogens (tertiary/aromatic N) is 5. The first-order chi connectivity index (χ1) is 19.5. The van der Waals surface area contributed by atoms with E-state index in [1.54, 1.807) is 12.3 Å². The average molecular weight is 562 g/mol. The Balaban J connectivity index is 1.06. The van der Waals surface area contributed by atoms with Crippen LogP contribution < -0.4 is 15.4 Å². The number of benzene rings is 2. The number of hydrogen-bond acceptors (Lipinski definition) is 9. The predicted molar refractivity (Wildman–Crippen MR) is 152 cm³/mol. The van der Waals surface area contributed by atoms with Crippen LogP contribution in [0.1, 0.15) is 36.8 Å². The van der Waals surface area contributed by atoms with Crippen LogP contribution in [0.3, 0.4) is 0 Å². The van der Waals surface area contributed by atoms with Crippen molar-refractivity contribution in [2.24, 2.45) is 0 Å². The van der Waals surface area contributed by atoms with Gasteiger partial charge >= 0.3 is 5.97 Å². The van der Waals surface area contributed by atoms with E-state index in [9.17, 15) is 9.18 Å². The highest BCUT2D eigenvalue weighted by Gasteiger charge is 2.22. The van der Waals surface area contributed by atoms with Gasteiger partial charge in [0.2, 0.25) is 5.95 Å². The molecule has 4 aromatic rings. The topological polar surface area (TPSA) is 105 Å². The molecule has 1 aliphatic heterocycles. The first-order valence-electron chi connectivity index (χ1n) is 13.5. The molecule has 1 atom stereocenters. The van der Waals surface area contributed by atoms with E-state index in [0.717, 1.165) is 45.2 Å². The number of fused-ring (bicyclic) bond motifs is 2. The van der Waals surface area contributed by atoms with Crippen LogP contribution in [-0.2, 0) is 17.6 Å². The third kappa shape index (κ3) is 6.13. The smallest absolute Gasteiger partial charge is 0.312 e. The molecule has 206 valence electrons. The Morgan fingerprint density at radius 3 is 2.90 bits per heavy atom. The van der Waals surface area contributed by atoms with E-state index in [1.165, 1.54) is 29.6 Å². The maximum Gasteiger partial charge on any atom is 0.312 e. The predicted octanol–water partition coefficient (Wildman–Crippen LogP) is 5.32. The number of aromatic nitrogens is 4. The van der Waals surface area contributed by atoms with Crippen molar-refractivity contribution in [3.05, 3.63) is 70.9 Å². The van der Waals surface area contributed by atoms with Crippen molar-refractivity contribution in [3.8, 4) is 5.75 Å². The van der Waals surface area contributed by atoms with E-state index in [4.69, 9.17) is 16.3 Å². The van der Waals surface area contributed by atoms with Crippen molar-refractivity contribution >= 4 is 46.1 Å². The number of nitrogens with one attached hydrogen (secondary N) is 2. The maximum absolute atomic E-state index is 13.6. The van der Waals surface area contributed by atoms with Gasteiger partial charge in [-0.3, -0.25) is 4.79 Å². The molecule has 2 aromatic heterocycles. The van der Waals surface area contributed by atoms with Crippen molar-refractivity contribution in [2.75, 3.05) is 30.3 Å².